The first kappa shape index (κ1) is 24.6. The van der Waals surface area contributed by atoms with Gasteiger partial charge in [0.05, 0.1) is 19.8 Å². The molecular weight excluding hydrogens is 422 g/mol. The molecule has 2 heterocycles. The second kappa shape index (κ2) is 10.7. The Kier molecular flexibility index (Phi) is 8.02. The Morgan fingerprint density at radius 1 is 1.18 bits per heavy atom. The van der Waals surface area contributed by atoms with Gasteiger partial charge in [-0.1, -0.05) is 0 Å². The summed E-state index contributed by atoms with van der Waals surface area (Å²) in [6, 6.07) is 8.06. The van der Waals surface area contributed by atoms with Crippen molar-refractivity contribution in [2.75, 3.05) is 13.7 Å². The van der Waals surface area contributed by atoms with Crippen LogP contribution in [0.4, 0.5) is 4.79 Å². The number of esters is 1. The number of carbonyl (C=O) groups excluding carboxylic acids is 2. The Balaban J connectivity index is 1.45. The zero-order valence-electron chi connectivity index (χ0n) is 20.0. The average molecular weight is 456 g/mol. The van der Waals surface area contributed by atoms with Crippen LogP contribution in [0.2, 0.25) is 0 Å². The van der Waals surface area contributed by atoms with Gasteiger partial charge in [0.2, 0.25) is 0 Å². The number of ether oxygens (including phenoxy) is 3. The van der Waals surface area contributed by atoms with Crippen LogP contribution in [0.5, 0.6) is 0 Å². The van der Waals surface area contributed by atoms with E-state index in [1.54, 1.807) is 33.9 Å². The zero-order valence-corrected chi connectivity index (χ0v) is 20.0. The van der Waals surface area contributed by atoms with Gasteiger partial charge >= 0.3 is 12.1 Å². The van der Waals surface area contributed by atoms with Crippen LogP contribution in [0.25, 0.3) is 11.0 Å². The summed E-state index contributed by atoms with van der Waals surface area (Å²) in [5, 5.41) is 3.55. The number of hydrogen-bond acceptors (Lipinski definition) is 7. The van der Waals surface area contributed by atoms with Crippen molar-refractivity contribution in [3.8, 4) is 0 Å². The highest BCUT2D eigenvalue weighted by Crippen LogP contribution is 2.34. The van der Waals surface area contributed by atoms with Gasteiger partial charge in [-0.2, -0.15) is 0 Å². The van der Waals surface area contributed by atoms with E-state index in [2.05, 4.69) is 27.4 Å². The van der Waals surface area contributed by atoms with Crippen molar-refractivity contribution in [1.29, 1.82) is 0 Å². The topological polar surface area (TPSA) is 99.6 Å². The minimum absolute atomic E-state index is 0.0543. The molecular formula is C25H33N3O5. The number of amides is 1. The Morgan fingerprint density at radius 3 is 2.64 bits per heavy atom. The van der Waals surface area contributed by atoms with Crippen LogP contribution in [-0.2, 0) is 25.4 Å². The first-order valence-electron chi connectivity index (χ1n) is 11.2. The fourth-order valence-corrected chi connectivity index (χ4v) is 3.68. The third kappa shape index (κ3) is 7.25. The van der Waals surface area contributed by atoms with Crippen molar-refractivity contribution in [2.24, 2.45) is 5.92 Å². The molecule has 0 aliphatic heterocycles. The van der Waals surface area contributed by atoms with E-state index in [1.807, 2.05) is 12.1 Å². The predicted octanol–water partition coefficient (Wildman–Crippen LogP) is 4.33. The van der Waals surface area contributed by atoms with Gasteiger partial charge in [0.1, 0.15) is 11.3 Å². The van der Waals surface area contributed by atoms with Crippen LogP contribution in [-0.4, -0.2) is 47.5 Å². The lowest BCUT2D eigenvalue weighted by Gasteiger charge is -2.35. The van der Waals surface area contributed by atoms with Gasteiger partial charge in [0.15, 0.2) is 5.65 Å². The summed E-state index contributed by atoms with van der Waals surface area (Å²) in [4.78, 5) is 33.2. The maximum Gasteiger partial charge on any atom is 0.412 e. The molecule has 1 fully saturated rings. The predicted molar refractivity (Wildman–Crippen MR) is 124 cm³/mol. The molecule has 1 amide bonds. The van der Waals surface area contributed by atoms with Crippen molar-refractivity contribution in [3.63, 3.8) is 0 Å². The Morgan fingerprint density at radius 2 is 1.94 bits per heavy atom. The van der Waals surface area contributed by atoms with Crippen LogP contribution in [0.1, 0.15) is 52.7 Å². The van der Waals surface area contributed by atoms with Crippen molar-refractivity contribution in [1.82, 2.24) is 15.3 Å². The molecule has 0 spiro atoms. The minimum atomic E-state index is -0.705. The quantitative estimate of drug-likeness (QED) is 0.467. The van der Waals surface area contributed by atoms with Crippen molar-refractivity contribution < 1.29 is 23.8 Å². The summed E-state index contributed by atoms with van der Waals surface area (Å²) in [5.41, 5.74) is 1.81. The van der Waals surface area contributed by atoms with Crippen LogP contribution in [0.3, 0.4) is 0 Å². The third-order valence-corrected chi connectivity index (χ3v) is 5.50. The van der Waals surface area contributed by atoms with Crippen LogP contribution < -0.4 is 5.32 Å². The minimum Gasteiger partial charge on any atom is -0.464 e. The van der Waals surface area contributed by atoms with Crippen LogP contribution in [0.15, 0.2) is 41.7 Å². The fraction of sp³-hybridized carbons (Fsp3) is 0.520. The summed E-state index contributed by atoms with van der Waals surface area (Å²) >= 11 is 0. The van der Waals surface area contributed by atoms with Gasteiger partial charge in [-0.15, -0.1) is 0 Å². The first-order valence-corrected chi connectivity index (χ1v) is 11.2. The smallest absolute Gasteiger partial charge is 0.412 e. The van der Waals surface area contributed by atoms with E-state index in [0.717, 1.165) is 42.4 Å². The van der Waals surface area contributed by atoms with E-state index in [-0.39, 0.29) is 18.4 Å². The Bertz CT molecular complexity index is 1020. The van der Waals surface area contributed by atoms with E-state index in [9.17, 15) is 9.59 Å². The lowest BCUT2D eigenvalue weighted by molar-refractivity contribution is -0.136. The molecule has 0 bridgehead atoms. The van der Waals surface area contributed by atoms with Crippen LogP contribution in [0, 0.1) is 5.92 Å². The number of hydrogen-bond donors (Lipinski definition) is 1. The van der Waals surface area contributed by atoms with Gasteiger partial charge in [-0.3, -0.25) is 5.32 Å². The van der Waals surface area contributed by atoms with E-state index in [4.69, 9.17) is 14.2 Å². The van der Waals surface area contributed by atoms with E-state index in [0.29, 0.717) is 11.5 Å². The number of aryl methyl sites for hydroxylation is 1. The largest absolute Gasteiger partial charge is 0.464 e. The molecule has 0 aromatic carbocycles. The number of carbonyl (C=O) groups is 2. The summed E-state index contributed by atoms with van der Waals surface area (Å²) in [7, 11) is 1.27. The summed E-state index contributed by atoms with van der Waals surface area (Å²) in [6.07, 6.45) is 5.08. The molecule has 8 nitrogen and oxygen atoms in total. The molecule has 0 atom stereocenters. The van der Waals surface area contributed by atoms with Gasteiger partial charge in [-0.25, -0.2) is 19.6 Å². The van der Waals surface area contributed by atoms with Crippen molar-refractivity contribution in [3.05, 3.63) is 47.4 Å². The molecule has 1 aliphatic carbocycles. The molecule has 8 heteroatoms. The number of aromatic nitrogens is 2. The molecule has 178 valence electrons. The zero-order chi connectivity index (χ0) is 24.0. The van der Waals surface area contributed by atoms with Gasteiger partial charge in [0.25, 0.3) is 0 Å². The van der Waals surface area contributed by atoms with E-state index in [1.165, 1.54) is 7.11 Å². The second-order valence-electron chi connectivity index (χ2n) is 9.44. The Labute approximate surface area is 194 Å². The molecule has 2 aromatic heterocycles. The highest BCUT2D eigenvalue weighted by atomic mass is 16.6. The molecule has 3 rings (SSSR count). The number of nitrogens with one attached hydrogen (secondary N) is 1. The molecule has 1 aliphatic rings. The van der Waals surface area contributed by atoms with Crippen LogP contribution >= 0.6 is 0 Å². The molecule has 2 aromatic rings. The van der Waals surface area contributed by atoms with Crippen molar-refractivity contribution in [2.45, 2.75) is 65.1 Å². The van der Waals surface area contributed by atoms with E-state index < -0.39 is 17.7 Å². The summed E-state index contributed by atoms with van der Waals surface area (Å²) < 4.78 is 16.0. The summed E-state index contributed by atoms with van der Waals surface area (Å²) in [5.74, 6) is -0.0497. The summed E-state index contributed by atoms with van der Waals surface area (Å²) in [6.45, 7) is 7.23. The molecule has 0 saturated heterocycles. The highest BCUT2D eigenvalue weighted by molar-refractivity contribution is 5.93. The number of methoxy groups -OCH3 is 1. The van der Waals surface area contributed by atoms with Crippen molar-refractivity contribution >= 4 is 23.1 Å². The number of fused-ring (bicyclic) bond motifs is 1. The molecule has 1 N–H and O–H groups in total. The van der Waals surface area contributed by atoms with Gasteiger partial charge < -0.3 is 14.2 Å². The fourth-order valence-electron chi connectivity index (χ4n) is 3.68. The third-order valence-electron chi connectivity index (χ3n) is 5.50. The molecule has 0 unspecified atom stereocenters. The Hall–Kier alpha value is -3.00. The average Bonchev–Trinajstić information content (AvgIpc) is 2.74. The number of alkyl carbamates (subject to hydrolysis) is 1. The van der Waals surface area contributed by atoms with Gasteiger partial charge in [-0.05, 0) is 89.1 Å². The van der Waals surface area contributed by atoms with Gasteiger partial charge in [0, 0.05) is 17.3 Å². The maximum atomic E-state index is 12.1. The first-order chi connectivity index (χ1) is 15.6. The standard InChI is InChI=1S/C25H33N3O5/c1-16(21(23(29)31-5)28-24(30)33-25(2,3)4)15-32-20-13-17(14-20)8-10-19-11-9-18-7-6-12-26-22(18)27-19/h6-7,9,11-12,17,20H,8,10,13-15H2,1-5H3,(H,28,30)/t17-,20-. The van der Waals surface area contributed by atoms with E-state index >= 15 is 0 Å². The second-order valence-corrected chi connectivity index (χ2v) is 9.44. The monoisotopic (exact) mass is 455 g/mol. The molecule has 33 heavy (non-hydrogen) atoms. The normalized spacial score (nSPS) is 18.8. The maximum absolute atomic E-state index is 12.1. The molecule has 0 radical (unpaired) electrons. The lowest BCUT2D eigenvalue weighted by Crippen LogP contribution is -2.36. The highest BCUT2D eigenvalue weighted by Gasteiger charge is 2.30. The number of rotatable bonds is 8. The number of pyridine rings is 2. The lowest BCUT2D eigenvalue weighted by atomic mass is 9.79. The SMILES string of the molecule is COC(=O)C(NC(=O)OC(C)(C)C)=C(C)CO[C@H]1C[C@H](CCc2ccc3cccnc3n2)C1. The number of nitrogens with zero attached hydrogens (tertiary/aromatic N) is 2. The molecule has 1 saturated carbocycles.